The summed E-state index contributed by atoms with van der Waals surface area (Å²) in [7, 11) is 6.04. The highest BCUT2D eigenvalue weighted by atomic mass is 16.5. The minimum Gasteiger partial charge on any atom is -0.363 e. The maximum atomic E-state index is 5.17. The van der Waals surface area contributed by atoms with Gasteiger partial charge in [0.2, 0.25) is 0 Å². The Kier molecular flexibility index (Phi) is 4.13. The predicted molar refractivity (Wildman–Crippen MR) is 78.8 cm³/mol. The van der Waals surface area contributed by atoms with Gasteiger partial charge in [-0.2, -0.15) is 5.10 Å². The fourth-order valence-corrected chi connectivity index (χ4v) is 2.52. The molecule has 0 amide bonds. The van der Waals surface area contributed by atoms with E-state index in [1.165, 1.54) is 5.56 Å². The number of aromatic nitrogens is 3. The molecule has 0 aliphatic heterocycles. The average Bonchev–Trinajstić information content (AvgIpc) is 2.82. The fourth-order valence-electron chi connectivity index (χ4n) is 2.52. The summed E-state index contributed by atoms with van der Waals surface area (Å²) in [4.78, 5) is 2.09. The maximum Gasteiger partial charge on any atom is 0.138 e. The number of aryl methyl sites for hydroxylation is 4. The van der Waals surface area contributed by atoms with Gasteiger partial charge in [0.15, 0.2) is 0 Å². The molecule has 0 spiro atoms. The second kappa shape index (κ2) is 5.66. The minimum atomic E-state index is 0.752. The van der Waals surface area contributed by atoms with Crippen molar-refractivity contribution in [2.45, 2.75) is 33.9 Å². The topological polar surface area (TPSA) is 59.1 Å². The van der Waals surface area contributed by atoms with E-state index in [9.17, 15) is 0 Å². The Balaban J connectivity index is 2.08. The van der Waals surface area contributed by atoms with E-state index in [1.54, 1.807) is 0 Å². The van der Waals surface area contributed by atoms with Crippen molar-refractivity contribution in [3.8, 4) is 0 Å². The van der Waals surface area contributed by atoms with Gasteiger partial charge in [-0.1, -0.05) is 5.16 Å². The van der Waals surface area contributed by atoms with Gasteiger partial charge in [-0.05, 0) is 20.8 Å². The third-order valence-corrected chi connectivity index (χ3v) is 3.52. The largest absolute Gasteiger partial charge is 0.363 e. The first-order chi connectivity index (χ1) is 9.41. The van der Waals surface area contributed by atoms with Crippen molar-refractivity contribution >= 4 is 5.82 Å². The normalized spacial score (nSPS) is 11.1. The lowest BCUT2D eigenvalue weighted by molar-refractivity contribution is 0.392. The summed E-state index contributed by atoms with van der Waals surface area (Å²) in [5, 5.41) is 11.9. The number of hydrogen-bond acceptors (Lipinski definition) is 5. The first-order valence-electron chi connectivity index (χ1n) is 6.74. The highest BCUT2D eigenvalue weighted by molar-refractivity contribution is 5.48. The molecule has 110 valence electrons. The molecule has 0 atom stereocenters. The van der Waals surface area contributed by atoms with Gasteiger partial charge in [-0.25, -0.2) is 0 Å². The lowest BCUT2D eigenvalue weighted by Gasteiger charge is -2.15. The third kappa shape index (κ3) is 2.70. The van der Waals surface area contributed by atoms with E-state index in [0.717, 1.165) is 41.6 Å². The lowest BCUT2D eigenvalue weighted by Crippen LogP contribution is -2.19. The van der Waals surface area contributed by atoms with Crippen LogP contribution in [0, 0.1) is 20.8 Å². The number of nitrogens with one attached hydrogen (secondary N) is 1. The zero-order valence-electron chi connectivity index (χ0n) is 13.1. The highest BCUT2D eigenvalue weighted by Crippen LogP contribution is 2.21. The molecule has 0 aliphatic rings. The molecule has 2 heterocycles. The molecule has 0 aliphatic carbocycles. The van der Waals surface area contributed by atoms with Crippen molar-refractivity contribution < 1.29 is 4.52 Å². The fraction of sp³-hybridized carbons (Fsp3) is 0.571. The van der Waals surface area contributed by atoms with E-state index in [4.69, 9.17) is 4.52 Å². The van der Waals surface area contributed by atoms with Gasteiger partial charge >= 0.3 is 0 Å². The smallest absolute Gasteiger partial charge is 0.138 e. The van der Waals surface area contributed by atoms with Crippen LogP contribution in [-0.4, -0.2) is 29.0 Å². The minimum absolute atomic E-state index is 0.752. The van der Waals surface area contributed by atoms with E-state index >= 15 is 0 Å². The van der Waals surface area contributed by atoms with Gasteiger partial charge < -0.3 is 14.7 Å². The van der Waals surface area contributed by atoms with Crippen molar-refractivity contribution in [1.82, 2.24) is 20.3 Å². The molecule has 6 heteroatoms. The molecule has 0 bridgehead atoms. The highest BCUT2D eigenvalue weighted by Gasteiger charge is 2.15. The molecule has 0 saturated carbocycles. The number of hydrogen-bond donors (Lipinski definition) is 1. The molecule has 1 N–H and O–H groups in total. The quantitative estimate of drug-likeness (QED) is 0.901. The summed E-state index contributed by atoms with van der Waals surface area (Å²) in [5.74, 6) is 2.01. The SMILES string of the molecule is Cc1noc(C)c1CNCc1c(C)nn(C)c1N(C)C. The van der Waals surface area contributed by atoms with Crippen LogP contribution in [0.3, 0.4) is 0 Å². The Labute approximate surface area is 119 Å². The van der Waals surface area contributed by atoms with Crippen molar-refractivity contribution in [2.75, 3.05) is 19.0 Å². The summed E-state index contributed by atoms with van der Waals surface area (Å²) in [6.45, 7) is 7.48. The second-order valence-corrected chi connectivity index (χ2v) is 5.31. The van der Waals surface area contributed by atoms with Gasteiger partial charge in [-0.15, -0.1) is 0 Å². The van der Waals surface area contributed by atoms with Crippen LogP contribution in [0.15, 0.2) is 4.52 Å². The summed E-state index contributed by atoms with van der Waals surface area (Å²) >= 11 is 0. The molecule has 6 nitrogen and oxygen atoms in total. The lowest BCUT2D eigenvalue weighted by atomic mass is 10.2. The Morgan fingerprint density at radius 1 is 1.10 bits per heavy atom. The third-order valence-electron chi connectivity index (χ3n) is 3.52. The molecular weight excluding hydrogens is 254 g/mol. The van der Waals surface area contributed by atoms with E-state index in [1.807, 2.05) is 46.6 Å². The van der Waals surface area contributed by atoms with E-state index in [2.05, 4.69) is 20.5 Å². The van der Waals surface area contributed by atoms with Crippen LogP contribution in [0.1, 0.15) is 28.3 Å². The van der Waals surface area contributed by atoms with Crippen molar-refractivity contribution in [3.63, 3.8) is 0 Å². The van der Waals surface area contributed by atoms with Crippen molar-refractivity contribution in [2.24, 2.45) is 7.05 Å². The zero-order chi connectivity index (χ0) is 14.9. The van der Waals surface area contributed by atoms with Gasteiger partial charge in [-0.3, -0.25) is 4.68 Å². The standard InChI is InChI=1S/C14H23N5O/c1-9-13(14(18(4)5)19(6)16-9)8-15-7-12-10(2)17-20-11(12)3/h15H,7-8H2,1-6H3. The van der Waals surface area contributed by atoms with Crippen LogP contribution in [0.2, 0.25) is 0 Å². The zero-order valence-corrected chi connectivity index (χ0v) is 13.1. The molecule has 0 radical (unpaired) electrons. The van der Waals surface area contributed by atoms with E-state index in [-0.39, 0.29) is 0 Å². The van der Waals surface area contributed by atoms with Crippen molar-refractivity contribution in [3.05, 3.63) is 28.3 Å². The van der Waals surface area contributed by atoms with E-state index in [0.29, 0.717) is 0 Å². The Hall–Kier alpha value is -1.82. The molecule has 0 saturated heterocycles. The van der Waals surface area contributed by atoms with Gasteiger partial charge in [0.25, 0.3) is 0 Å². The predicted octanol–water partition coefficient (Wildman–Crippen LogP) is 1.69. The molecule has 20 heavy (non-hydrogen) atoms. The Morgan fingerprint density at radius 3 is 2.30 bits per heavy atom. The van der Waals surface area contributed by atoms with Crippen molar-refractivity contribution in [1.29, 1.82) is 0 Å². The molecule has 0 fully saturated rings. The van der Waals surface area contributed by atoms with Gasteiger partial charge in [0.05, 0.1) is 11.4 Å². The molecule has 0 aromatic carbocycles. The molecular formula is C14H23N5O. The Morgan fingerprint density at radius 2 is 1.75 bits per heavy atom. The Bertz CT molecular complexity index is 577. The first kappa shape index (κ1) is 14.6. The van der Waals surface area contributed by atoms with E-state index < -0.39 is 0 Å². The average molecular weight is 277 g/mol. The van der Waals surface area contributed by atoms with Crippen LogP contribution >= 0.6 is 0 Å². The summed E-state index contributed by atoms with van der Waals surface area (Å²) in [6.07, 6.45) is 0. The summed E-state index contributed by atoms with van der Waals surface area (Å²) < 4.78 is 7.09. The monoisotopic (exact) mass is 277 g/mol. The molecule has 0 unspecified atom stereocenters. The van der Waals surface area contributed by atoms with Crippen LogP contribution in [-0.2, 0) is 20.1 Å². The summed E-state index contributed by atoms with van der Waals surface area (Å²) in [5.41, 5.74) is 4.37. The van der Waals surface area contributed by atoms with Gasteiger partial charge in [0.1, 0.15) is 11.6 Å². The van der Waals surface area contributed by atoms with Crippen LogP contribution in [0.25, 0.3) is 0 Å². The first-order valence-corrected chi connectivity index (χ1v) is 6.74. The maximum absolute atomic E-state index is 5.17. The molecule has 2 rings (SSSR count). The summed E-state index contributed by atoms with van der Waals surface area (Å²) in [6, 6.07) is 0. The number of nitrogens with zero attached hydrogens (tertiary/aromatic N) is 4. The van der Waals surface area contributed by atoms with Crippen LogP contribution in [0.4, 0.5) is 5.82 Å². The number of rotatable bonds is 5. The number of anilines is 1. The van der Waals surface area contributed by atoms with Crippen LogP contribution < -0.4 is 10.2 Å². The second-order valence-electron chi connectivity index (χ2n) is 5.31. The van der Waals surface area contributed by atoms with Gasteiger partial charge in [0, 0.05) is 45.4 Å². The molecule has 2 aromatic rings. The molecule has 2 aromatic heterocycles. The van der Waals surface area contributed by atoms with Crippen LogP contribution in [0.5, 0.6) is 0 Å².